The van der Waals surface area contributed by atoms with Gasteiger partial charge in [0.2, 0.25) is 5.91 Å². The van der Waals surface area contributed by atoms with Crippen LogP contribution in [0.2, 0.25) is 5.02 Å². The molecular formula is C15H23ClN2O2. The minimum atomic E-state index is -0.207. The van der Waals surface area contributed by atoms with Crippen LogP contribution in [0.25, 0.3) is 0 Å². The van der Waals surface area contributed by atoms with Crippen LogP contribution >= 0.6 is 11.6 Å². The number of carbonyl (C=O) groups is 1. The number of halogens is 1. The van der Waals surface area contributed by atoms with Gasteiger partial charge in [0.1, 0.15) is 5.75 Å². The number of benzene rings is 1. The Morgan fingerprint density at radius 3 is 2.55 bits per heavy atom. The number of anilines is 1. The molecule has 0 heterocycles. The second-order valence-corrected chi connectivity index (χ2v) is 6.43. The standard InChI is InChI=1S/C15H23ClN2O2/c1-9-6-11(12(20-5)7-10(9)16)18-14(19)8-13(17)15(2,3)4/h6-7,13H,8,17H2,1-5H3,(H,18,19). The number of amides is 1. The number of aryl methyl sites for hydroxylation is 1. The molecule has 0 bridgehead atoms. The summed E-state index contributed by atoms with van der Waals surface area (Å²) in [5, 5.41) is 3.43. The third kappa shape index (κ3) is 4.39. The summed E-state index contributed by atoms with van der Waals surface area (Å²) in [7, 11) is 1.54. The van der Waals surface area contributed by atoms with E-state index in [0.29, 0.717) is 16.5 Å². The van der Waals surface area contributed by atoms with Crippen LogP contribution in [0.4, 0.5) is 5.69 Å². The fourth-order valence-corrected chi connectivity index (χ4v) is 1.79. The van der Waals surface area contributed by atoms with Crippen molar-refractivity contribution in [3.05, 3.63) is 22.7 Å². The van der Waals surface area contributed by atoms with E-state index in [9.17, 15) is 4.79 Å². The Kier molecular flexibility index (Phi) is 5.42. The molecule has 3 N–H and O–H groups in total. The molecule has 4 nitrogen and oxygen atoms in total. The molecule has 5 heteroatoms. The normalized spacial score (nSPS) is 12.9. The van der Waals surface area contributed by atoms with Gasteiger partial charge in [-0.25, -0.2) is 0 Å². The first-order valence-corrected chi connectivity index (χ1v) is 6.92. The van der Waals surface area contributed by atoms with Crippen molar-refractivity contribution in [2.24, 2.45) is 11.1 Å². The number of rotatable bonds is 4. The van der Waals surface area contributed by atoms with Crippen molar-refractivity contribution in [2.75, 3.05) is 12.4 Å². The molecule has 0 radical (unpaired) electrons. The number of hydrogen-bond donors (Lipinski definition) is 2. The molecule has 0 spiro atoms. The maximum atomic E-state index is 12.1. The smallest absolute Gasteiger partial charge is 0.226 e. The molecule has 0 aliphatic rings. The monoisotopic (exact) mass is 298 g/mol. The molecule has 20 heavy (non-hydrogen) atoms. The van der Waals surface area contributed by atoms with Crippen molar-refractivity contribution >= 4 is 23.2 Å². The number of nitrogens with two attached hydrogens (primary N) is 1. The van der Waals surface area contributed by atoms with E-state index < -0.39 is 0 Å². The van der Waals surface area contributed by atoms with Gasteiger partial charge in [-0.15, -0.1) is 0 Å². The van der Waals surface area contributed by atoms with Crippen molar-refractivity contribution < 1.29 is 9.53 Å². The molecule has 1 atom stereocenters. The lowest BCUT2D eigenvalue weighted by molar-refractivity contribution is -0.117. The molecular weight excluding hydrogens is 276 g/mol. The summed E-state index contributed by atoms with van der Waals surface area (Å²) in [6.07, 6.45) is 0.258. The molecule has 0 aliphatic heterocycles. The van der Waals surface area contributed by atoms with Crippen molar-refractivity contribution in [3.63, 3.8) is 0 Å². The summed E-state index contributed by atoms with van der Waals surface area (Å²) >= 11 is 6.03. The van der Waals surface area contributed by atoms with Gasteiger partial charge in [-0.05, 0) is 24.0 Å². The van der Waals surface area contributed by atoms with Gasteiger partial charge in [0.05, 0.1) is 12.8 Å². The minimum absolute atomic E-state index is 0.114. The zero-order valence-corrected chi connectivity index (χ0v) is 13.5. The van der Waals surface area contributed by atoms with Gasteiger partial charge >= 0.3 is 0 Å². The number of methoxy groups -OCH3 is 1. The van der Waals surface area contributed by atoms with Crippen LogP contribution in [0, 0.1) is 12.3 Å². The predicted octanol–water partition coefficient (Wildman–Crippen LogP) is 3.36. The molecule has 1 rings (SSSR count). The molecule has 0 aromatic heterocycles. The highest BCUT2D eigenvalue weighted by Crippen LogP contribution is 2.31. The summed E-state index contributed by atoms with van der Waals surface area (Å²) in [6, 6.07) is 3.28. The fourth-order valence-electron chi connectivity index (χ4n) is 1.64. The van der Waals surface area contributed by atoms with Crippen molar-refractivity contribution in [1.29, 1.82) is 0 Å². The number of nitrogens with one attached hydrogen (secondary N) is 1. The van der Waals surface area contributed by atoms with E-state index in [4.69, 9.17) is 22.1 Å². The largest absolute Gasteiger partial charge is 0.495 e. The van der Waals surface area contributed by atoms with Gasteiger partial charge in [0.15, 0.2) is 0 Å². The van der Waals surface area contributed by atoms with Gasteiger partial charge in [0.25, 0.3) is 0 Å². The van der Waals surface area contributed by atoms with E-state index in [1.807, 2.05) is 27.7 Å². The van der Waals surface area contributed by atoms with Crippen molar-refractivity contribution in [1.82, 2.24) is 0 Å². The van der Waals surface area contributed by atoms with Crippen LogP contribution in [0.1, 0.15) is 32.8 Å². The number of hydrogen-bond acceptors (Lipinski definition) is 3. The maximum Gasteiger partial charge on any atom is 0.226 e. The summed E-state index contributed by atoms with van der Waals surface area (Å²) in [5.41, 5.74) is 7.39. The van der Waals surface area contributed by atoms with Gasteiger partial charge in [0, 0.05) is 23.6 Å². The molecule has 0 saturated carbocycles. The third-order valence-corrected chi connectivity index (χ3v) is 3.68. The first kappa shape index (κ1) is 16.8. The van der Waals surface area contributed by atoms with Gasteiger partial charge < -0.3 is 15.8 Å². The van der Waals surface area contributed by atoms with Crippen molar-refractivity contribution in [3.8, 4) is 5.75 Å². The topological polar surface area (TPSA) is 64.3 Å². The summed E-state index contributed by atoms with van der Waals surface area (Å²) < 4.78 is 5.22. The van der Waals surface area contributed by atoms with Crippen molar-refractivity contribution in [2.45, 2.75) is 40.2 Å². The second kappa shape index (κ2) is 6.46. The number of ether oxygens (including phenoxy) is 1. The van der Waals surface area contributed by atoms with E-state index in [-0.39, 0.29) is 23.8 Å². The fraction of sp³-hybridized carbons (Fsp3) is 0.533. The summed E-state index contributed by atoms with van der Waals surface area (Å²) in [6.45, 7) is 7.91. The van der Waals surface area contributed by atoms with Crippen LogP contribution < -0.4 is 15.8 Å². The van der Waals surface area contributed by atoms with E-state index in [1.54, 1.807) is 12.1 Å². The predicted molar refractivity (Wildman–Crippen MR) is 83.4 cm³/mol. The lowest BCUT2D eigenvalue weighted by Crippen LogP contribution is -2.38. The highest BCUT2D eigenvalue weighted by atomic mass is 35.5. The molecule has 0 saturated heterocycles. The lowest BCUT2D eigenvalue weighted by Gasteiger charge is -2.26. The Balaban J connectivity index is 2.83. The highest BCUT2D eigenvalue weighted by Gasteiger charge is 2.23. The Bertz CT molecular complexity index is 495. The molecule has 1 unspecified atom stereocenters. The SMILES string of the molecule is COc1cc(Cl)c(C)cc1NC(=O)CC(N)C(C)(C)C. The Hall–Kier alpha value is -1.26. The Morgan fingerprint density at radius 2 is 2.05 bits per heavy atom. The van der Waals surface area contributed by atoms with Crippen LogP contribution in [0.3, 0.4) is 0 Å². The molecule has 0 fully saturated rings. The number of carbonyl (C=O) groups excluding carboxylic acids is 1. The average Bonchev–Trinajstić information content (AvgIpc) is 2.32. The van der Waals surface area contributed by atoms with Crippen LogP contribution in [0.5, 0.6) is 5.75 Å². The van der Waals surface area contributed by atoms with Crippen LogP contribution in [-0.2, 0) is 4.79 Å². The Morgan fingerprint density at radius 1 is 1.45 bits per heavy atom. The highest BCUT2D eigenvalue weighted by molar-refractivity contribution is 6.31. The Labute approximate surface area is 125 Å². The second-order valence-electron chi connectivity index (χ2n) is 6.03. The molecule has 0 aliphatic carbocycles. The zero-order valence-electron chi connectivity index (χ0n) is 12.7. The minimum Gasteiger partial charge on any atom is -0.495 e. The summed E-state index contributed by atoms with van der Waals surface area (Å²) in [5.74, 6) is 0.408. The van der Waals surface area contributed by atoms with Gasteiger partial charge in [-0.3, -0.25) is 4.79 Å². The maximum absolute atomic E-state index is 12.1. The first-order chi connectivity index (χ1) is 9.15. The van der Waals surface area contributed by atoms with E-state index in [2.05, 4.69) is 5.32 Å². The van der Waals surface area contributed by atoms with Crippen LogP contribution in [-0.4, -0.2) is 19.1 Å². The van der Waals surface area contributed by atoms with E-state index >= 15 is 0 Å². The molecule has 112 valence electrons. The summed E-state index contributed by atoms with van der Waals surface area (Å²) in [4.78, 5) is 12.1. The van der Waals surface area contributed by atoms with E-state index in [0.717, 1.165) is 5.56 Å². The molecule has 1 aromatic rings. The third-order valence-electron chi connectivity index (χ3n) is 3.27. The van der Waals surface area contributed by atoms with E-state index in [1.165, 1.54) is 7.11 Å². The average molecular weight is 299 g/mol. The van der Waals surface area contributed by atoms with Gasteiger partial charge in [-0.2, -0.15) is 0 Å². The quantitative estimate of drug-likeness (QED) is 0.896. The molecule has 1 aromatic carbocycles. The lowest BCUT2D eigenvalue weighted by atomic mass is 9.85. The molecule has 1 amide bonds. The van der Waals surface area contributed by atoms with Crippen LogP contribution in [0.15, 0.2) is 12.1 Å². The first-order valence-electron chi connectivity index (χ1n) is 6.54. The zero-order chi connectivity index (χ0) is 15.5. The van der Waals surface area contributed by atoms with Gasteiger partial charge in [-0.1, -0.05) is 32.4 Å².